The Balaban J connectivity index is 1.68. The Morgan fingerprint density at radius 1 is 1.06 bits per heavy atom. The van der Waals surface area contributed by atoms with E-state index in [1.54, 1.807) is 36.1 Å². The summed E-state index contributed by atoms with van der Waals surface area (Å²) >= 11 is 0. The topological polar surface area (TPSA) is 78.3 Å². The lowest BCUT2D eigenvalue weighted by molar-refractivity contribution is 0.102. The van der Waals surface area contributed by atoms with Crippen molar-refractivity contribution in [3.05, 3.63) is 84.2 Å². The number of benzene rings is 3. The summed E-state index contributed by atoms with van der Waals surface area (Å²) in [5.41, 5.74) is 1.94. The van der Waals surface area contributed by atoms with Gasteiger partial charge in [-0.25, -0.2) is 9.07 Å². The zero-order valence-electron chi connectivity index (χ0n) is 18.3. The van der Waals surface area contributed by atoms with Crippen LogP contribution in [0.1, 0.15) is 23.7 Å². The van der Waals surface area contributed by atoms with Crippen LogP contribution in [0.4, 0.5) is 10.1 Å². The number of nitrogens with zero attached hydrogens (tertiary/aromatic N) is 3. The third-order valence-electron chi connectivity index (χ3n) is 4.84. The van der Waals surface area contributed by atoms with Gasteiger partial charge in [0.05, 0.1) is 25.0 Å². The number of anilines is 1. The highest BCUT2D eigenvalue weighted by Crippen LogP contribution is 2.27. The summed E-state index contributed by atoms with van der Waals surface area (Å²) in [5.74, 6) is 0.180. The van der Waals surface area contributed by atoms with Crippen molar-refractivity contribution in [3.8, 4) is 28.8 Å². The number of hydrogen-bond donors (Lipinski definition) is 1. The molecule has 0 atom stereocenters. The van der Waals surface area contributed by atoms with E-state index >= 15 is 0 Å². The molecule has 0 aliphatic heterocycles. The zero-order valence-corrected chi connectivity index (χ0v) is 18.3. The molecule has 33 heavy (non-hydrogen) atoms. The predicted octanol–water partition coefficient (Wildman–Crippen LogP) is 5.12. The van der Waals surface area contributed by atoms with Gasteiger partial charge in [-0.15, -0.1) is 5.10 Å². The Morgan fingerprint density at radius 2 is 1.85 bits per heavy atom. The van der Waals surface area contributed by atoms with Crippen molar-refractivity contribution < 1.29 is 18.7 Å². The van der Waals surface area contributed by atoms with Gasteiger partial charge in [0.1, 0.15) is 11.6 Å². The van der Waals surface area contributed by atoms with Crippen LogP contribution in [0.2, 0.25) is 0 Å². The van der Waals surface area contributed by atoms with Gasteiger partial charge in [-0.3, -0.25) is 4.79 Å². The number of methoxy groups -OCH3 is 1. The van der Waals surface area contributed by atoms with Gasteiger partial charge < -0.3 is 14.8 Å². The summed E-state index contributed by atoms with van der Waals surface area (Å²) in [5, 5.41) is 7.25. The molecule has 8 heteroatoms. The van der Waals surface area contributed by atoms with E-state index in [1.165, 1.54) is 18.2 Å². The Labute approximate surface area is 190 Å². The standard InChI is InChI=1S/C25H23FN4O3/c1-3-15-33-25-28-23(17-11-13-20(32-2)14-12-17)30(29-25)19-8-6-7-18(16-19)27-24(31)21-9-4-5-10-22(21)26/h4-14,16H,3,15H2,1-2H3,(H,27,31). The summed E-state index contributed by atoms with van der Waals surface area (Å²) in [4.78, 5) is 17.1. The lowest BCUT2D eigenvalue weighted by Gasteiger charge is -2.10. The van der Waals surface area contributed by atoms with E-state index in [0.717, 1.165) is 17.7 Å². The molecule has 0 spiro atoms. The first-order chi connectivity index (χ1) is 16.1. The number of amides is 1. The fraction of sp³-hybridized carbons (Fsp3) is 0.160. The molecular formula is C25H23FN4O3. The summed E-state index contributed by atoms with van der Waals surface area (Å²) in [6.07, 6.45) is 0.823. The van der Waals surface area contributed by atoms with E-state index < -0.39 is 11.7 Å². The van der Waals surface area contributed by atoms with Crippen LogP contribution in [-0.2, 0) is 0 Å². The van der Waals surface area contributed by atoms with Crippen molar-refractivity contribution in [1.29, 1.82) is 0 Å². The van der Waals surface area contributed by atoms with Gasteiger partial charge in [-0.1, -0.05) is 25.1 Å². The molecule has 0 unspecified atom stereocenters. The molecule has 1 aromatic heterocycles. The molecule has 0 saturated carbocycles. The molecule has 4 rings (SSSR count). The molecule has 0 fully saturated rings. The van der Waals surface area contributed by atoms with E-state index in [4.69, 9.17) is 9.47 Å². The van der Waals surface area contributed by atoms with Crippen LogP contribution < -0.4 is 14.8 Å². The van der Waals surface area contributed by atoms with Crippen LogP contribution in [0, 0.1) is 5.82 Å². The van der Waals surface area contributed by atoms with Crippen LogP contribution in [0.5, 0.6) is 11.8 Å². The first-order valence-electron chi connectivity index (χ1n) is 10.5. The van der Waals surface area contributed by atoms with Crippen LogP contribution >= 0.6 is 0 Å². The second kappa shape index (κ2) is 9.95. The Morgan fingerprint density at radius 3 is 2.58 bits per heavy atom. The average Bonchev–Trinajstić information content (AvgIpc) is 3.27. The molecule has 7 nitrogen and oxygen atoms in total. The number of ether oxygens (including phenoxy) is 2. The molecule has 0 saturated heterocycles. The lowest BCUT2D eigenvalue weighted by atomic mass is 10.2. The smallest absolute Gasteiger partial charge is 0.336 e. The molecule has 0 aliphatic carbocycles. The quantitative estimate of drug-likeness (QED) is 0.406. The number of hydrogen-bond acceptors (Lipinski definition) is 5. The van der Waals surface area contributed by atoms with Gasteiger partial charge in [0, 0.05) is 11.3 Å². The number of carbonyl (C=O) groups is 1. The maximum absolute atomic E-state index is 14.0. The summed E-state index contributed by atoms with van der Waals surface area (Å²) in [6, 6.07) is 20.6. The maximum Gasteiger partial charge on any atom is 0.336 e. The van der Waals surface area contributed by atoms with Crippen LogP contribution in [-0.4, -0.2) is 34.4 Å². The van der Waals surface area contributed by atoms with Gasteiger partial charge in [-0.05, 0) is 61.0 Å². The Kier molecular flexibility index (Phi) is 6.64. The first-order valence-corrected chi connectivity index (χ1v) is 10.5. The van der Waals surface area contributed by atoms with Gasteiger partial charge >= 0.3 is 6.01 Å². The van der Waals surface area contributed by atoms with Crippen molar-refractivity contribution in [2.45, 2.75) is 13.3 Å². The number of nitrogens with one attached hydrogen (secondary N) is 1. The van der Waals surface area contributed by atoms with Crippen LogP contribution in [0.25, 0.3) is 17.1 Å². The molecule has 0 aliphatic rings. The molecular weight excluding hydrogens is 423 g/mol. The highest BCUT2D eigenvalue weighted by molar-refractivity contribution is 6.04. The Hall–Kier alpha value is -4.20. The van der Waals surface area contributed by atoms with Crippen LogP contribution in [0.3, 0.4) is 0 Å². The van der Waals surface area contributed by atoms with Crippen molar-refractivity contribution in [3.63, 3.8) is 0 Å². The molecule has 1 N–H and O–H groups in total. The van der Waals surface area contributed by atoms with Gasteiger partial charge in [0.15, 0.2) is 5.82 Å². The number of aromatic nitrogens is 3. The monoisotopic (exact) mass is 446 g/mol. The van der Waals surface area contributed by atoms with Gasteiger partial charge in [0.25, 0.3) is 5.91 Å². The largest absolute Gasteiger partial charge is 0.497 e. The molecule has 0 bridgehead atoms. The minimum Gasteiger partial charge on any atom is -0.497 e. The number of rotatable bonds is 8. The average molecular weight is 446 g/mol. The highest BCUT2D eigenvalue weighted by Gasteiger charge is 2.16. The summed E-state index contributed by atoms with van der Waals surface area (Å²) in [7, 11) is 1.61. The predicted molar refractivity (Wildman–Crippen MR) is 123 cm³/mol. The van der Waals surface area contributed by atoms with E-state index in [9.17, 15) is 9.18 Å². The van der Waals surface area contributed by atoms with Gasteiger partial charge in [-0.2, -0.15) is 4.98 Å². The molecule has 1 heterocycles. The second-order valence-corrected chi connectivity index (χ2v) is 7.19. The van der Waals surface area contributed by atoms with E-state index in [-0.39, 0.29) is 11.6 Å². The third kappa shape index (κ3) is 5.01. The van der Waals surface area contributed by atoms with Gasteiger partial charge in [0.2, 0.25) is 0 Å². The fourth-order valence-electron chi connectivity index (χ4n) is 3.21. The van der Waals surface area contributed by atoms with Crippen molar-refractivity contribution in [2.75, 3.05) is 19.0 Å². The van der Waals surface area contributed by atoms with Crippen molar-refractivity contribution >= 4 is 11.6 Å². The SMILES string of the molecule is CCCOc1nc(-c2ccc(OC)cc2)n(-c2cccc(NC(=O)c3ccccc3F)c2)n1. The van der Waals surface area contributed by atoms with E-state index in [1.807, 2.05) is 37.3 Å². The normalized spacial score (nSPS) is 10.6. The van der Waals surface area contributed by atoms with E-state index in [0.29, 0.717) is 23.8 Å². The molecule has 0 radical (unpaired) electrons. The van der Waals surface area contributed by atoms with Crippen LogP contribution in [0.15, 0.2) is 72.8 Å². The second-order valence-electron chi connectivity index (χ2n) is 7.19. The van der Waals surface area contributed by atoms with E-state index in [2.05, 4.69) is 15.4 Å². The molecule has 3 aromatic carbocycles. The van der Waals surface area contributed by atoms with Crippen molar-refractivity contribution in [1.82, 2.24) is 14.8 Å². The fourth-order valence-corrected chi connectivity index (χ4v) is 3.21. The molecule has 168 valence electrons. The summed E-state index contributed by atoms with van der Waals surface area (Å²) < 4.78 is 26.5. The zero-order chi connectivity index (χ0) is 23.2. The molecule has 1 amide bonds. The maximum atomic E-state index is 14.0. The highest BCUT2D eigenvalue weighted by atomic mass is 19.1. The summed E-state index contributed by atoms with van der Waals surface area (Å²) in [6.45, 7) is 2.49. The minimum atomic E-state index is -0.582. The van der Waals surface area contributed by atoms with Crippen molar-refractivity contribution in [2.24, 2.45) is 0 Å². The lowest BCUT2D eigenvalue weighted by Crippen LogP contribution is -2.14. The molecule has 4 aromatic rings. The third-order valence-corrected chi connectivity index (χ3v) is 4.84. The first kappa shape index (κ1) is 22.0. The number of carbonyl (C=O) groups excluding carboxylic acids is 1. The Bertz CT molecular complexity index is 1250. The number of halogens is 1. The minimum absolute atomic E-state index is 0.0298.